The van der Waals surface area contributed by atoms with Crippen LogP contribution in [0.4, 0.5) is 0 Å². The summed E-state index contributed by atoms with van der Waals surface area (Å²) in [6.07, 6.45) is 10.5. The Hall–Kier alpha value is -0.330. The van der Waals surface area contributed by atoms with Crippen LogP contribution in [0.2, 0.25) is 0 Å². The highest BCUT2D eigenvalue weighted by atomic mass is 16.1. The standard InChI is InChI=1S/C18H36O/c1-17(2,3)14-12-10-8-7-9-11-13-16(19)15-18(4,5)6/h7-15H2,1-6H3. The lowest BCUT2D eigenvalue weighted by molar-refractivity contribution is -0.120. The maximum absolute atomic E-state index is 11.7. The van der Waals surface area contributed by atoms with Gasteiger partial charge in [-0.3, -0.25) is 4.79 Å². The summed E-state index contributed by atoms with van der Waals surface area (Å²) in [5.74, 6) is 0.445. The van der Waals surface area contributed by atoms with Crippen molar-refractivity contribution in [1.29, 1.82) is 0 Å². The molecule has 0 aliphatic heterocycles. The predicted octanol–water partition coefficient (Wildman–Crippen LogP) is 6.16. The SMILES string of the molecule is CC(C)(C)CCCCCCCCC(=O)CC(C)(C)C. The molecule has 0 aliphatic rings. The molecule has 0 aromatic rings. The molecular formula is C18H36O. The molecule has 0 bridgehead atoms. The minimum absolute atomic E-state index is 0.157. The van der Waals surface area contributed by atoms with Gasteiger partial charge in [0.05, 0.1) is 0 Å². The van der Waals surface area contributed by atoms with Crippen LogP contribution in [-0.2, 0) is 4.79 Å². The molecule has 0 radical (unpaired) electrons. The highest BCUT2D eigenvalue weighted by Crippen LogP contribution is 2.23. The number of carbonyl (C=O) groups excluding carboxylic acids is 1. The van der Waals surface area contributed by atoms with Crippen LogP contribution in [0.15, 0.2) is 0 Å². The van der Waals surface area contributed by atoms with E-state index in [1.54, 1.807) is 0 Å². The minimum atomic E-state index is 0.157. The molecule has 0 atom stereocenters. The smallest absolute Gasteiger partial charge is 0.133 e. The first-order valence-corrected chi connectivity index (χ1v) is 8.12. The van der Waals surface area contributed by atoms with Gasteiger partial charge in [0.15, 0.2) is 0 Å². The van der Waals surface area contributed by atoms with E-state index in [1.807, 2.05) is 0 Å². The van der Waals surface area contributed by atoms with E-state index in [0.717, 1.165) is 19.3 Å². The number of unbranched alkanes of at least 4 members (excludes halogenated alkanes) is 5. The molecule has 0 N–H and O–H groups in total. The van der Waals surface area contributed by atoms with Crippen molar-refractivity contribution < 1.29 is 4.79 Å². The van der Waals surface area contributed by atoms with Crippen LogP contribution in [-0.4, -0.2) is 5.78 Å². The Kier molecular flexibility index (Phi) is 8.61. The molecule has 0 saturated carbocycles. The van der Waals surface area contributed by atoms with E-state index < -0.39 is 0 Å². The number of hydrogen-bond acceptors (Lipinski definition) is 1. The molecular weight excluding hydrogens is 232 g/mol. The Morgan fingerprint density at radius 2 is 1.16 bits per heavy atom. The fraction of sp³-hybridized carbons (Fsp3) is 0.944. The van der Waals surface area contributed by atoms with Gasteiger partial charge < -0.3 is 0 Å². The summed E-state index contributed by atoms with van der Waals surface area (Å²) in [6.45, 7) is 13.4. The molecule has 0 fully saturated rings. The lowest BCUT2D eigenvalue weighted by atomic mass is 9.88. The summed E-state index contributed by atoms with van der Waals surface area (Å²) in [4.78, 5) is 11.7. The Morgan fingerprint density at radius 1 is 0.684 bits per heavy atom. The van der Waals surface area contributed by atoms with Gasteiger partial charge in [-0.1, -0.05) is 73.6 Å². The quantitative estimate of drug-likeness (QED) is 0.458. The zero-order valence-corrected chi connectivity index (χ0v) is 14.3. The highest BCUT2D eigenvalue weighted by molar-refractivity contribution is 5.78. The molecule has 0 aliphatic carbocycles. The Morgan fingerprint density at radius 3 is 1.63 bits per heavy atom. The van der Waals surface area contributed by atoms with Gasteiger partial charge in [0.25, 0.3) is 0 Å². The van der Waals surface area contributed by atoms with Crippen LogP contribution < -0.4 is 0 Å². The number of hydrogen-bond donors (Lipinski definition) is 0. The van der Waals surface area contributed by atoms with Gasteiger partial charge in [-0.15, -0.1) is 0 Å². The van der Waals surface area contributed by atoms with Crippen molar-refractivity contribution in [2.75, 3.05) is 0 Å². The number of ketones is 1. The van der Waals surface area contributed by atoms with E-state index in [0.29, 0.717) is 11.2 Å². The van der Waals surface area contributed by atoms with Gasteiger partial charge in [-0.05, 0) is 23.7 Å². The third-order valence-electron chi connectivity index (χ3n) is 3.36. The van der Waals surface area contributed by atoms with Crippen molar-refractivity contribution in [3.63, 3.8) is 0 Å². The zero-order chi connectivity index (χ0) is 14.9. The average molecular weight is 268 g/mol. The molecule has 1 nitrogen and oxygen atoms in total. The van der Waals surface area contributed by atoms with Crippen LogP contribution in [0.1, 0.15) is 99.3 Å². The zero-order valence-electron chi connectivity index (χ0n) is 14.3. The first kappa shape index (κ1) is 18.7. The van der Waals surface area contributed by atoms with Gasteiger partial charge in [0.2, 0.25) is 0 Å². The predicted molar refractivity (Wildman–Crippen MR) is 85.5 cm³/mol. The Labute approximate surface area is 121 Å². The molecule has 1 heteroatoms. The number of rotatable bonds is 9. The maximum Gasteiger partial charge on any atom is 0.133 e. The van der Waals surface area contributed by atoms with Gasteiger partial charge in [0.1, 0.15) is 5.78 Å². The van der Waals surface area contributed by atoms with Crippen molar-refractivity contribution in [1.82, 2.24) is 0 Å². The van der Waals surface area contributed by atoms with Gasteiger partial charge in [-0.2, -0.15) is 0 Å². The molecule has 0 unspecified atom stereocenters. The lowest BCUT2D eigenvalue weighted by Gasteiger charge is -2.17. The Balaban J connectivity index is 3.35. The Bertz CT molecular complexity index is 239. The lowest BCUT2D eigenvalue weighted by Crippen LogP contribution is -2.12. The van der Waals surface area contributed by atoms with Crippen molar-refractivity contribution in [3.8, 4) is 0 Å². The van der Waals surface area contributed by atoms with Crippen LogP contribution in [0.5, 0.6) is 0 Å². The van der Waals surface area contributed by atoms with E-state index in [4.69, 9.17) is 0 Å². The van der Waals surface area contributed by atoms with Crippen LogP contribution in [0, 0.1) is 10.8 Å². The van der Waals surface area contributed by atoms with Gasteiger partial charge in [-0.25, -0.2) is 0 Å². The van der Waals surface area contributed by atoms with Gasteiger partial charge >= 0.3 is 0 Å². The minimum Gasteiger partial charge on any atom is -0.300 e. The molecule has 0 saturated heterocycles. The van der Waals surface area contributed by atoms with E-state index in [2.05, 4.69) is 41.5 Å². The van der Waals surface area contributed by atoms with Crippen molar-refractivity contribution in [2.45, 2.75) is 99.3 Å². The van der Waals surface area contributed by atoms with E-state index in [-0.39, 0.29) is 5.41 Å². The summed E-state index contributed by atoms with van der Waals surface area (Å²) in [7, 11) is 0. The largest absolute Gasteiger partial charge is 0.300 e. The first-order valence-electron chi connectivity index (χ1n) is 8.12. The summed E-state index contributed by atoms with van der Waals surface area (Å²) in [5, 5.41) is 0. The third kappa shape index (κ3) is 15.6. The molecule has 19 heavy (non-hydrogen) atoms. The number of carbonyl (C=O) groups is 1. The van der Waals surface area contributed by atoms with Crippen molar-refractivity contribution >= 4 is 5.78 Å². The van der Waals surface area contributed by atoms with E-state index >= 15 is 0 Å². The fourth-order valence-electron chi connectivity index (χ4n) is 2.36. The second-order valence-electron chi connectivity index (χ2n) is 8.46. The van der Waals surface area contributed by atoms with Gasteiger partial charge in [0, 0.05) is 12.8 Å². The molecule has 0 rings (SSSR count). The molecule has 0 aromatic heterocycles. The van der Waals surface area contributed by atoms with Crippen LogP contribution in [0.3, 0.4) is 0 Å². The summed E-state index contributed by atoms with van der Waals surface area (Å²) >= 11 is 0. The first-order chi connectivity index (χ1) is 8.60. The van der Waals surface area contributed by atoms with Crippen LogP contribution >= 0.6 is 0 Å². The third-order valence-corrected chi connectivity index (χ3v) is 3.36. The molecule has 0 aromatic carbocycles. The molecule has 0 amide bonds. The van der Waals surface area contributed by atoms with Crippen molar-refractivity contribution in [3.05, 3.63) is 0 Å². The average Bonchev–Trinajstić information content (AvgIpc) is 2.17. The molecule has 114 valence electrons. The second kappa shape index (κ2) is 8.76. The second-order valence-corrected chi connectivity index (χ2v) is 8.46. The maximum atomic E-state index is 11.7. The van der Waals surface area contributed by atoms with E-state index in [9.17, 15) is 4.79 Å². The molecule has 0 spiro atoms. The monoisotopic (exact) mass is 268 g/mol. The van der Waals surface area contributed by atoms with Crippen LogP contribution in [0.25, 0.3) is 0 Å². The summed E-state index contributed by atoms with van der Waals surface area (Å²) in [5.41, 5.74) is 0.642. The van der Waals surface area contributed by atoms with E-state index in [1.165, 1.54) is 38.5 Å². The molecule has 0 heterocycles. The highest BCUT2D eigenvalue weighted by Gasteiger charge is 2.15. The topological polar surface area (TPSA) is 17.1 Å². The van der Waals surface area contributed by atoms with Crippen molar-refractivity contribution in [2.24, 2.45) is 10.8 Å². The normalized spacial score (nSPS) is 12.7. The fourth-order valence-corrected chi connectivity index (χ4v) is 2.36. The number of Topliss-reactive ketones (excluding diaryl/α,β-unsaturated/α-hetero) is 1. The summed E-state index contributed by atoms with van der Waals surface area (Å²) in [6, 6.07) is 0. The summed E-state index contributed by atoms with van der Waals surface area (Å²) < 4.78 is 0.